The number of carbonyl (C=O) groups excluding carboxylic acids is 1. The van der Waals surface area contributed by atoms with E-state index < -0.39 is 0 Å². The van der Waals surface area contributed by atoms with E-state index in [1.807, 2.05) is 36.4 Å². The third-order valence-electron chi connectivity index (χ3n) is 5.56. The molecule has 4 rings (SSSR count). The summed E-state index contributed by atoms with van der Waals surface area (Å²) < 4.78 is 2.80. The molecule has 0 saturated carbocycles. The van der Waals surface area contributed by atoms with E-state index in [-0.39, 0.29) is 11.3 Å². The first kappa shape index (κ1) is 21.6. The standard InChI is InChI=1S/C26H26N2OS2/c1-17-15-19(18(2)27(17)22-13-11-20(12-14-22)26(3,4)5)16-23-24(29)28(25(30)31-23)21-9-7-6-8-10-21/h6-16H,1-5H3/b23-16+. The quantitative estimate of drug-likeness (QED) is 0.327. The predicted octanol–water partition coefficient (Wildman–Crippen LogP) is 6.80. The SMILES string of the molecule is Cc1cc(/C=C2/SC(=S)N(c3ccccc3)C2=O)c(C)n1-c1ccc(C(C)(C)C)cc1. The Balaban J connectivity index is 1.67. The Kier molecular flexibility index (Phi) is 5.67. The fourth-order valence-electron chi connectivity index (χ4n) is 3.85. The molecule has 1 aliphatic heterocycles. The highest BCUT2D eigenvalue weighted by Gasteiger charge is 2.33. The Morgan fingerprint density at radius 3 is 2.19 bits per heavy atom. The lowest BCUT2D eigenvalue weighted by Crippen LogP contribution is -2.27. The first-order valence-electron chi connectivity index (χ1n) is 10.3. The minimum absolute atomic E-state index is 0.0690. The summed E-state index contributed by atoms with van der Waals surface area (Å²) in [6.45, 7) is 10.8. The number of benzene rings is 2. The summed E-state index contributed by atoms with van der Waals surface area (Å²) in [5.74, 6) is -0.0690. The minimum Gasteiger partial charge on any atom is -0.318 e. The van der Waals surface area contributed by atoms with Crippen molar-refractivity contribution in [3.63, 3.8) is 0 Å². The Hall–Kier alpha value is -2.63. The van der Waals surface area contributed by atoms with Crippen molar-refractivity contribution in [2.24, 2.45) is 0 Å². The van der Waals surface area contributed by atoms with E-state index in [1.54, 1.807) is 4.90 Å². The molecule has 5 heteroatoms. The van der Waals surface area contributed by atoms with Crippen LogP contribution in [0.5, 0.6) is 0 Å². The van der Waals surface area contributed by atoms with Crippen molar-refractivity contribution in [1.82, 2.24) is 4.57 Å². The Labute approximate surface area is 193 Å². The third kappa shape index (κ3) is 4.12. The number of para-hydroxylation sites is 1. The van der Waals surface area contributed by atoms with Crippen molar-refractivity contribution in [3.05, 3.63) is 88.1 Å². The number of aryl methyl sites for hydroxylation is 1. The van der Waals surface area contributed by atoms with Crippen molar-refractivity contribution in [3.8, 4) is 5.69 Å². The van der Waals surface area contributed by atoms with E-state index in [4.69, 9.17) is 12.2 Å². The molecule has 1 aliphatic rings. The van der Waals surface area contributed by atoms with Crippen LogP contribution in [-0.2, 0) is 10.2 Å². The van der Waals surface area contributed by atoms with Gasteiger partial charge in [0, 0.05) is 17.1 Å². The molecule has 3 nitrogen and oxygen atoms in total. The maximum Gasteiger partial charge on any atom is 0.270 e. The minimum atomic E-state index is -0.0690. The molecule has 31 heavy (non-hydrogen) atoms. The fraction of sp³-hybridized carbons (Fsp3) is 0.231. The average molecular weight is 447 g/mol. The number of amides is 1. The second-order valence-corrected chi connectivity index (χ2v) is 10.5. The first-order valence-corrected chi connectivity index (χ1v) is 11.5. The molecule has 0 atom stereocenters. The van der Waals surface area contributed by atoms with Crippen LogP contribution in [0.4, 0.5) is 5.69 Å². The fourth-order valence-corrected chi connectivity index (χ4v) is 5.14. The zero-order valence-electron chi connectivity index (χ0n) is 18.5. The van der Waals surface area contributed by atoms with Crippen LogP contribution in [0.2, 0.25) is 0 Å². The number of aromatic nitrogens is 1. The topological polar surface area (TPSA) is 25.2 Å². The summed E-state index contributed by atoms with van der Waals surface area (Å²) in [5, 5.41) is 0. The smallest absolute Gasteiger partial charge is 0.270 e. The largest absolute Gasteiger partial charge is 0.318 e. The van der Waals surface area contributed by atoms with Gasteiger partial charge in [-0.25, -0.2) is 0 Å². The van der Waals surface area contributed by atoms with Crippen molar-refractivity contribution >= 4 is 46.0 Å². The molecule has 3 aromatic rings. The maximum atomic E-state index is 13.1. The number of hydrogen-bond donors (Lipinski definition) is 0. The lowest BCUT2D eigenvalue weighted by molar-refractivity contribution is -0.113. The molecule has 158 valence electrons. The van der Waals surface area contributed by atoms with Gasteiger partial charge in [-0.3, -0.25) is 9.69 Å². The van der Waals surface area contributed by atoms with Crippen molar-refractivity contribution < 1.29 is 4.79 Å². The van der Waals surface area contributed by atoms with Gasteiger partial charge in [0.05, 0.1) is 10.6 Å². The van der Waals surface area contributed by atoms with Crippen LogP contribution in [0.15, 0.2) is 65.6 Å². The highest BCUT2D eigenvalue weighted by Crippen LogP contribution is 2.37. The van der Waals surface area contributed by atoms with Gasteiger partial charge in [0.2, 0.25) is 0 Å². The Morgan fingerprint density at radius 1 is 0.935 bits per heavy atom. The molecule has 1 amide bonds. The van der Waals surface area contributed by atoms with Gasteiger partial charge < -0.3 is 4.57 Å². The van der Waals surface area contributed by atoms with E-state index in [0.29, 0.717) is 9.23 Å². The first-order chi connectivity index (χ1) is 14.7. The van der Waals surface area contributed by atoms with Gasteiger partial charge in [0.15, 0.2) is 4.32 Å². The van der Waals surface area contributed by atoms with E-state index in [0.717, 1.165) is 28.3 Å². The van der Waals surface area contributed by atoms with Gasteiger partial charge >= 0.3 is 0 Å². The van der Waals surface area contributed by atoms with Crippen LogP contribution < -0.4 is 4.90 Å². The van der Waals surface area contributed by atoms with Crippen LogP contribution in [0.3, 0.4) is 0 Å². The Bertz CT molecular complexity index is 1180. The molecule has 0 bridgehead atoms. The molecule has 0 N–H and O–H groups in total. The summed E-state index contributed by atoms with van der Waals surface area (Å²) in [5.41, 5.74) is 6.63. The molecule has 2 heterocycles. The second-order valence-electron chi connectivity index (χ2n) is 8.81. The van der Waals surface area contributed by atoms with E-state index >= 15 is 0 Å². The maximum absolute atomic E-state index is 13.1. The number of hydrogen-bond acceptors (Lipinski definition) is 3. The molecule has 0 radical (unpaired) electrons. The van der Waals surface area contributed by atoms with Gasteiger partial charge in [0.25, 0.3) is 5.91 Å². The molecule has 0 unspecified atom stereocenters. The van der Waals surface area contributed by atoms with E-state index in [9.17, 15) is 4.79 Å². The number of anilines is 1. The summed E-state index contributed by atoms with van der Waals surface area (Å²) in [6, 6.07) is 20.4. The molecule has 1 saturated heterocycles. The Morgan fingerprint density at radius 2 is 1.58 bits per heavy atom. The van der Waals surface area contributed by atoms with Crippen molar-refractivity contribution in [1.29, 1.82) is 0 Å². The molecular weight excluding hydrogens is 420 g/mol. The molecule has 0 spiro atoms. The average Bonchev–Trinajstić information content (AvgIpc) is 3.16. The zero-order chi connectivity index (χ0) is 22.3. The lowest BCUT2D eigenvalue weighted by Gasteiger charge is -2.20. The predicted molar refractivity (Wildman–Crippen MR) is 136 cm³/mol. The number of thioether (sulfide) groups is 1. The van der Waals surface area contributed by atoms with Crippen LogP contribution in [0.1, 0.15) is 43.3 Å². The van der Waals surface area contributed by atoms with Gasteiger partial charge in [-0.2, -0.15) is 0 Å². The summed E-state index contributed by atoms with van der Waals surface area (Å²) in [4.78, 5) is 15.3. The lowest BCUT2D eigenvalue weighted by atomic mass is 9.87. The monoisotopic (exact) mass is 446 g/mol. The number of rotatable bonds is 3. The molecule has 2 aromatic carbocycles. The van der Waals surface area contributed by atoms with Crippen molar-refractivity contribution in [2.45, 2.75) is 40.0 Å². The molecular formula is C26H26N2OS2. The normalized spacial score (nSPS) is 15.9. The van der Waals surface area contributed by atoms with Gasteiger partial charge in [0.1, 0.15) is 0 Å². The highest BCUT2D eigenvalue weighted by molar-refractivity contribution is 8.27. The number of carbonyl (C=O) groups is 1. The van der Waals surface area contributed by atoms with Gasteiger partial charge in [-0.05, 0) is 66.8 Å². The summed E-state index contributed by atoms with van der Waals surface area (Å²) in [7, 11) is 0. The molecule has 1 aromatic heterocycles. The molecule has 0 aliphatic carbocycles. The van der Waals surface area contributed by atoms with Crippen LogP contribution in [0, 0.1) is 13.8 Å². The van der Waals surface area contributed by atoms with E-state index in [2.05, 4.69) is 69.5 Å². The van der Waals surface area contributed by atoms with Crippen molar-refractivity contribution in [2.75, 3.05) is 4.90 Å². The summed E-state index contributed by atoms with van der Waals surface area (Å²) in [6.07, 6.45) is 1.96. The van der Waals surface area contributed by atoms with Crippen LogP contribution >= 0.6 is 24.0 Å². The van der Waals surface area contributed by atoms with Gasteiger partial charge in [-0.1, -0.05) is 75.1 Å². The zero-order valence-corrected chi connectivity index (χ0v) is 20.1. The van der Waals surface area contributed by atoms with Gasteiger partial charge in [-0.15, -0.1) is 0 Å². The number of nitrogens with zero attached hydrogens (tertiary/aromatic N) is 2. The van der Waals surface area contributed by atoms with Crippen LogP contribution in [-0.4, -0.2) is 14.8 Å². The second kappa shape index (κ2) is 8.13. The third-order valence-corrected chi connectivity index (χ3v) is 6.86. The number of thiocarbonyl (C=S) groups is 1. The van der Waals surface area contributed by atoms with Crippen LogP contribution in [0.25, 0.3) is 11.8 Å². The molecule has 1 fully saturated rings. The summed E-state index contributed by atoms with van der Waals surface area (Å²) >= 11 is 6.85. The van der Waals surface area contributed by atoms with E-state index in [1.165, 1.54) is 17.3 Å². The highest BCUT2D eigenvalue weighted by atomic mass is 32.2.